The van der Waals surface area contributed by atoms with E-state index in [-0.39, 0.29) is 17.5 Å². The molecular weight excluding hydrogens is 318 g/mol. The number of thiophene rings is 1. The Kier molecular flexibility index (Phi) is 4.22. The quantitative estimate of drug-likeness (QED) is 0.820. The minimum Gasteiger partial charge on any atom is -0.321 e. The van der Waals surface area contributed by atoms with Gasteiger partial charge in [0.15, 0.2) is 17.8 Å². The molecule has 0 spiro atoms. The summed E-state index contributed by atoms with van der Waals surface area (Å²) in [6.07, 6.45) is -0.105. The lowest BCUT2D eigenvalue weighted by Gasteiger charge is -2.40. The molecule has 2 aromatic rings. The van der Waals surface area contributed by atoms with E-state index in [0.717, 1.165) is 5.69 Å². The lowest BCUT2D eigenvalue weighted by atomic mass is 10.0. The van der Waals surface area contributed by atoms with E-state index >= 15 is 0 Å². The van der Waals surface area contributed by atoms with Crippen LogP contribution in [0.15, 0.2) is 46.9 Å². The Hall–Kier alpha value is -2.14. The first-order valence-electron chi connectivity index (χ1n) is 8.07. The van der Waals surface area contributed by atoms with Crippen molar-refractivity contribution in [3.05, 3.63) is 52.2 Å². The van der Waals surface area contributed by atoms with Crippen molar-refractivity contribution in [3.8, 4) is 0 Å². The summed E-state index contributed by atoms with van der Waals surface area (Å²) >= 11 is 1.69. The summed E-state index contributed by atoms with van der Waals surface area (Å²) in [4.78, 5) is 15.6. The number of hydrogen-bond donors (Lipinski definition) is 0. The molecule has 3 rings (SSSR count). The van der Waals surface area contributed by atoms with E-state index < -0.39 is 0 Å². The summed E-state index contributed by atoms with van der Waals surface area (Å²) in [5.74, 6) is 0.502. The van der Waals surface area contributed by atoms with Crippen LogP contribution in [0.1, 0.15) is 44.3 Å². The van der Waals surface area contributed by atoms with E-state index in [0.29, 0.717) is 5.84 Å². The summed E-state index contributed by atoms with van der Waals surface area (Å²) in [5, 5.41) is 8.74. The fourth-order valence-electron chi connectivity index (χ4n) is 2.94. The minimum atomic E-state index is -0.224. The van der Waals surface area contributed by atoms with Gasteiger partial charge < -0.3 is 4.90 Å². The van der Waals surface area contributed by atoms with Gasteiger partial charge in [-0.3, -0.25) is 4.79 Å². The third kappa shape index (κ3) is 2.96. The van der Waals surface area contributed by atoms with Gasteiger partial charge in [-0.05, 0) is 51.3 Å². The largest absolute Gasteiger partial charge is 0.321 e. The predicted molar refractivity (Wildman–Crippen MR) is 100 cm³/mol. The van der Waals surface area contributed by atoms with Crippen molar-refractivity contribution in [3.63, 3.8) is 0 Å². The number of anilines is 1. The van der Waals surface area contributed by atoms with Crippen molar-refractivity contribution < 1.29 is 4.79 Å². The van der Waals surface area contributed by atoms with Crippen LogP contribution >= 0.6 is 11.3 Å². The number of Topliss-reactive ketones (excluding diaryl/α,β-unsaturated/α-hetero) is 1. The van der Waals surface area contributed by atoms with Crippen LogP contribution in [0, 0.1) is 6.92 Å². The molecule has 1 aliphatic rings. The topological polar surface area (TPSA) is 35.9 Å². The van der Waals surface area contributed by atoms with Gasteiger partial charge in [-0.15, -0.1) is 16.4 Å². The normalized spacial score (nSPS) is 18.0. The van der Waals surface area contributed by atoms with Gasteiger partial charge in [0.2, 0.25) is 0 Å². The Morgan fingerprint density at radius 3 is 2.33 bits per heavy atom. The number of carbonyl (C=O) groups excluding carboxylic acids is 1. The van der Waals surface area contributed by atoms with Crippen LogP contribution in [0.5, 0.6) is 0 Å². The average Bonchev–Trinajstić information content (AvgIpc) is 3.14. The van der Waals surface area contributed by atoms with Gasteiger partial charge in [-0.2, -0.15) is 0 Å². The van der Waals surface area contributed by atoms with Gasteiger partial charge in [0.1, 0.15) is 0 Å². The molecule has 0 amide bonds. The molecule has 5 heteroatoms. The summed E-state index contributed by atoms with van der Waals surface area (Å²) < 4.78 is 0. The van der Waals surface area contributed by atoms with Crippen LogP contribution in [0.2, 0.25) is 0 Å². The van der Waals surface area contributed by atoms with Gasteiger partial charge in [0.25, 0.3) is 0 Å². The third-order valence-electron chi connectivity index (χ3n) is 4.04. The molecular formula is C19H23N3OS. The van der Waals surface area contributed by atoms with E-state index in [2.05, 4.69) is 68.3 Å². The average molecular weight is 341 g/mol. The molecule has 2 heterocycles. The van der Waals surface area contributed by atoms with Gasteiger partial charge in [0, 0.05) is 17.3 Å². The number of nitrogens with zero attached hydrogens (tertiary/aromatic N) is 3. The lowest BCUT2D eigenvalue weighted by molar-refractivity contribution is -0.112. The van der Waals surface area contributed by atoms with Crippen LogP contribution in [0.3, 0.4) is 0 Å². The zero-order valence-corrected chi connectivity index (χ0v) is 15.6. The molecule has 126 valence electrons. The first-order chi connectivity index (χ1) is 11.3. The highest BCUT2D eigenvalue weighted by Gasteiger charge is 2.43. The number of rotatable bonds is 3. The van der Waals surface area contributed by atoms with Crippen LogP contribution in [-0.4, -0.2) is 22.1 Å². The Balaban J connectivity index is 2.14. The number of amidine groups is 1. The number of carbonyl (C=O) groups is 1. The molecule has 0 saturated heterocycles. The number of aryl methyl sites for hydroxylation is 1. The zero-order valence-electron chi connectivity index (χ0n) is 14.8. The highest BCUT2D eigenvalue weighted by atomic mass is 32.1. The SMILES string of the molecule is CC(=O)C1=NN(c2ccc(C)cc2)[C@H](c2cccs2)N1C(C)(C)C. The molecule has 1 aliphatic heterocycles. The molecule has 1 aromatic carbocycles. The van der Waals surface area contributed by atoms with Crippen LogP contribution < -0.4 is 5.01 Å². The fraction of sp³-hybridized carbons (Fsp3) is 0.368. The Morgan fingerprint density at radius 1 is 1.17 bits per heavy atom. The summed E-state index contributed by atoms with van der Waals surface area (Å²) in [6.45, 7) is 10.00. The number of hydrazone groups is 1. The van der Waals surface area contributed by atoms with Crippen molar-refractivity contribution in [2.75, 3.05) is 5.01 Å². The highest BCUT2D eigenvalue weighted by Crippen LogP contribution is 2.41. The first kappa shape index (κ1) is 16.7. The Bertz CT molecular complexity index is 757. The van der Waals surface area contributed by atoms with Crippen molar-refractivity contribution in [2.45, 2.75) is 46.3 Å². The van der Waals surface area contributed by atoms with Gasteiger partial charge >= 0.3 is 0 Å². The molecule has 0 aliphatic carbocycles. The standard InChI is InChI=1S/C19H23N3OS/c1-13-8-10-15(11-9-13)22-18(16-7-6-12-24-16)21(19(3,4)5)17(20-22)14(2)23/h6-12,18H,1-5H3/t18-/m1/s1. The molecule has 0 radical (unpaired) electrons. The molecule has 4 nitrogen and oxygen atoms in total. The smallest absolute Gasteiger partial charge is 0.196 e. The highest BCUT2D eigenvalue weighted by molar-refractivity contribution is 7.10. The Morgan fingerprint density at radius 2 is 1.83 bits per heavy atom. The second kappa shape index (κ2) is 6.06. The van der Waals surface area contributed by atoms with Crippen molar-refractivity contribution in [1.82, 2.24) is 4.90 Å². The maximum Gasteiger partial charge on any atom is 0.196 e. The summed E-state index contributed by atoms with van der Waals surface area (Å²) in [5.41, 5.74) is 1.97. The van der Waals surface area contributed by atoms with E-state index in [1.165, 1.54) is 10.4 Å². The van der Waals surface area contributed by atoms with Crippen LogP contribution in [0.25, 0.3) is 0 Å². The van der Waals surface area contributed by atoms with Gasteiger partial charge in [-0.1, -0.05) is 23.8 Å². The second-order valence-corrected chi connectivity index (χ2v) is 8.07. The summed E-state index contributed by atoms with van der Waals surface area (Å²) in [7, 11) is 0. The lowest BCUT2D eigenvalue weighted by Crippen LogP contribution is -2.48. The van der Waals surface area contributed by atoms with E-state index in [1.807, 2.05) is 11.1 Å². The van der Waals surface area contributed by atoms with Crippen LogP contribution in [-0.2, 0) is 4.79 Å². The number of hydrogen-bond acceptors (Lipinski definition) is 5. The molecule has 0 unspecified atom stereocenters. The molecule has 0 bridgehead atoms. The van der Waals surface area contributed by atoms with E-state index in [1.54, 1.807) is 18.3 Å². The summed E-state index contributed by atoms with van der Waals surface area (Å²) in [6, 6.07) is 12.4. The third-order valence-corrected chi connectivity index (χ3v) is 4.95. The zero-order chi connectivity index (χ0) is 17.5. The second-order valence-electron chi connectivity index (χ2n) is 7.09. The van der Waals surface area contributed by atoms with Crippen molar-refractivity contribution >= 4 is 28.6 Å². The molecule has 0 saturated carbocycles. The molecule has 1 aromatic heterocycles. The van der Waals surface area contributed by atoms with Crippen molar-refractivity contribution in [2.24, 2.45) is 5.10 Å². The predicted octanol–water partition coefficient (Wildman–Crippen LogP) is 4.58. The van der Waals surface area contributed by atoms with Gasteiger partial charge in [0.05, 0.1) is 5.69 Å². The molecule has 24 heavy (non-hydrogen) atoms. The Labute approximate surface area is 147 Å². The maximum absolute atomic E-state index is 12.3. The van der Waals surface area contributed by atoms with Crippen LogP contribution in [0.4, 0.5) is 5.69 Å². The van der Waals surface area contributed by atoms with Crippen molar-refractivity contribution in [1.29, 1.82) is 0 Å². The van der Waals surface area contributed by atoms with Gasteiger partial charge in [-0.25, -0.2) is 5.01 Å². The molecule has 0 N–H and O–H groups in total. The van der Waals surface area contributed by atoms with E-state index in [4.69, 9.17) is 5.10 Å². The molecule has 0 fully saturated rings. The fourth-order valence-corrected chi connectivity index (χ4v) is 3.74. The van der Waals surface area contributed by atoms with E-state index in [9.17, 15) is 4.79 Å². The maximum atomic E-state index is 12.3. The first-order valence-corrected chi connectivity index (χ1v) is 8.95. The minimum absolute atomic E-state index is 0.0129. The monoisotopic (exact) mass is 341 g/mol. The number of ketones is 1. The molecule has 1 atom stereocenters. The number of benzene rings is 1.